The molecule has 0 saturated heterocycles. The molecule has 104 valence electrons. The van der Waals surface area contributed by atoms with Crippen LogP contribution >= 0.6 is 34.8 Å². The van der Waals surface area contributed by atoms with Gasteiger partial charge in [-0.3, -0.25) is 0 Å². The van der Waals surface area contributed by atoms with Gasteiger partial charge in [-0.2, -0.15) is 0 Å². The van der Waals surface area contributed by atoms with Gasteiger partial charge in [-0.1, -0.05) is 40.0 Å². The number of hydrogen-bond acceptors (Lipinski definition) is 3. The Morgan fingerprint density at radius 3 is 2.45 bits per heavy atom. The van der Waals surface area contributed by atoms with Gasteiger partial charge in [-0.05, 0) is 24.3 Å². The fourth-order valence-corrected chi connectivity index (χ4v) is 2.09. The average molecular weight is 332 g/mol. The van der Waals surface area contributed by atoms with Crippen molar-refractivity contribution in [3.63, 3.8) is 0 Å². The Bertz CT molecular complexity index is 675. The summed E-state index contributed by atoms with van der Waals surface area (Å²) in [6, 6.07) is 9.61. The Hall–Kier alpha value is -1.62. The van der Waals surface area contributed by atoms with Gasteiger partial charge in [0.1, 0.15) is 11.5 Å². The number of nitrogens with two attached hydrogens (primary N) is 1. The maximum Gasteiger partial charge on any atom is 0.171 e. The molecule has 2 aromatic carbocycles. The Labute approximate surface area is 130 Å². The summed E-state index contributed by atoms with van der Waals surface area (Å²) in [4.78, 5) is 0. The maximum atomic E-state index is 8.63. The summed E-state index contributed by atoms with van der Waals surface area (Å²) in [6.07, 6.45) is 0. The van der Waals surface area contributed by atoms with Crippen molar-refractivity contribution in [3.05, 3.63) is 57.0 Å². The lowest BCUT2D eigenvalue weighted by atomic mass is 10.2. The Morgan fingerprint density at radius 2 is 1.80 bits per heavy atom. The van der Waals surface area contributed by atoms with E-state index in [4.69, 9.17) is 50.5 Å². The van der Waals surface area contributed by atoms with E-state index in [9.17, 15) is 0 Å². The van der Waals surface area contributed by atoms with Crippen LogP contribution in [-0.4, -0.2) is 11.0 Å². The molecule has 2 rings (SSSR count). The first-order valence-electron chi connectivity index (χ1n) is 5.41. The van der Waals surface area contributed by atoms with Crippen molar-refractivity contribution >= 4 is 40.6 Å². The third-order valence-corrected chi connectivity index (χ3v) is 3.31. The van der Waals surface area contributed by atoms with Crippen LogP contribution < -0.4 is 10.5 Å². The first-order chi connectivity index (χ1) is 9.51. The van der Waals surface area contributed by atoms with Gasteiger partial charge in [0, 0.05) is 22.7 Å². The molecule has 0 bridgehead atoms. The highest BCUT2D eigenvalue weighted by Gasteiger charge is 2.09. The number of oxime groups is 1. The predicted octanol–water partition coefficient (Wildman–Crippen LogP) is 4.53. The Kier molecular flexibility index (Phi) is 4.60. The molecule has 0 aliphatic carbocycles. The zero-order valence-electron chi connectivity index (χ0n) is 9.98. The molecular formula is C13H9Cl3N2O2. The van der Waals surface area contributed by atoms with Crippen LogP contribution in [0.25, 0.3) is 0 Å². The molecule has 3 N–H and O–H groups in total. The van der Waals surface area contributed by atoms with E-state index in [-0.39, 0.29) is 10.9 Å². The van der Waals surface area contributed by atoms with E-state index in [1.165, 1.54) is 6.07 Å². The maximum absolute atomic E-state index is 8.63. The summed E-state index contributed by atoms with van der Waals surface area (Å²) in [5.74, 6) is 0.780. The highest BCUT2D eigenvalue weighted by Crippen LogP contribution is 2.33. The van der Waals surface area contributed by atoms with Gasteiger partial charge in [-0.15, -0.1) is 0 Å². The molecule has 0 fully saturated rings. The van der Waals surface area contributed by atoms with Crippen LogP contribution in [0.1, 0.15) is 5.56 Å². The first-order valence-corrected chi connectivity index (χ1v) is 6.55. The standard InChI is InChI=1S/C13H9Cl3N2O2/c14-7-1-4-10(15)12(5-7)20-8-2-3-9(11(16)6-8)13(17)18-19/h1-6,19H,(H2,17,18). The van der Waals surface area contributed by atoms with Gasteiger partial charge in [-0.25, -0.2) is 0 Å². The molecule has 0 atom stereocenters. The number of nitrogens with zero attached hydrogens (tertiary/aromatic N) is 1. The number of ether oxygens (including phenoxy) is 1. The van der Waals surface area contributed by atoms with Crippen molar-refractivity contribution < 1.29 is 9.94 Å². The van der Waals surface area contributed by atoms with Crippen LogP contribution in [0, 0.1) is 0 Å². The van der Waals surface area contributed by atoms with Crippen LogP contribution in [0.3, 0.4) is 0 Å². The van der Waals surface area contributed by atoms with E-state index in [2.05, 4.69) is 5.16 Å². The molecule has 0 saturated carbocycles. The second-order valence-corrected chi connectivity index (χ2v) is 5.05. The normalized spacial score (nSPS) is 11.4. The van der Waals surface area contributed by atoms with E-state index in [1.54, 1.807) is 30.3 Å². The van der Waals surface area contributed by atoms with Crippen molar-refractivity contribution in [1.82, 2.24) is 0 Å². The molecule has 0 aliphatic heterocycles. The molecular weight excluding hydrogens is 323 g/mol. The summed E-state index contributed by atoms with van der Waals surface area (Å²) in [6.45, 7) is 0. The summed E-state index contributed by atoms with van der Waals surface area (Å²) in [5, 5.41) is 12.7. The average Bonchev–Trinajstić information content (AvgIpc) is 2.42. The van der Waals surface area contributed by atoms with Crippen LogP contribution in [0.5, 0.6) is 11.5 Å². The van der Waals surface area contributed by atoms with Crippen molar-refractivity contribution in [2.45, 2.75) is 0 Å². The largest absolute Gasteiger partial charge is 0.456 e. The highest BCUT2D eigenvalue weighted by atomic mass is 35.5. The van der Waals surface area contributed by atoms with E-state index >= 15 is 0 Å². The minimum atomic E-state index is -0.0812. The number of halogens is 3. The summed E-state index contributed by atoms with van der Waals surface area (Å²) >= 11 is 17.9. The molecule has 0 aromatic heterocycles. The van der Waals surface area contributed by atoms with Crippen molar-refractivity contribution in [1.29, 1.82) is 0 Å². The number of hydrogen-bond donors (Lipinski definition) is 2. The zero-order valence-corrected chi connectivity index (χ0v) is 12.2. The monoisotopic (exact) mass is 330 g/mol. The van der Waals surface area contributed by atoms with Crippen LogP contribution in [0.2, 0.25) is 15.1 Å². The summed E-state index contributed by atoms with van der Waals surface area (Å²) in [5.41, 5.74) is 5.88. The molecule has 0 spiro atoms. The van der Waals surface area contributed by atoms with Crippen LogP contribution in [-0.2, 0) is 0 Å². The zero-order chi connectivity index (χ0) is 14.7. The Morgan fingerprint density at radius 1 is 1.05 bits per heavy atom. The van der Waals surface area contributed by atoms with Crippen LogP contribution in [0.15, 0.2) is 41.6 Å². The van der Waals surface area contributed by atoms with E-state index in [0.29, 0.717) is 27.1 Å². The minimum absolute atomic E-state index is 0.0812. The topological polar surface area (TPSA) is 67.8 Å². The molecule has 2 aromatic rings. The van der Waals surface area contributed by atoms with Gasteiger partial charge < -0.3 is 15.7 Å². The molecule has 4 nitrogen and oxygen atoms in total. The second kappa shape index (κ2) is 6.22. The minimum Gasteiger partial charge on any atom is -0.456 e. The molecule has 0 radical (unpaired) electrons. The van der Waals surface area contributed by atoms with E-state index < -0.39 is 0 Å². The lowest BCUT2D eigenvalue weighted by molar-refractivity contribution is 0.318. The highest BCUT2D eigenvalue weighted by molar-refractivity contribution is 6.34. The number of amidine groups is 1. The quantitative estimate of drug-likeness (QED) is 0.376. The molecule has 0 aliphatic rings. The lowest BCUT2D eigenvalue weighted by Crippen LogP contribution is -2.13. The SMILES string of the molecule is NC(=NO)c1ccc(Oc2cc(Cl)ccc2Cl)cc1Cl. The van der Waals surface area contributed by atoms with Gasteiger partial charge in [0.25, 0.3) is 0 Å². The molecule has 7 heteroatoms. The number of rotatable bonds is 3. The van der Waals surface area contributed by atoms with Crippen molar-refractivity contribution in [2.24, 2.45) is 10.9 Å². The van der Waals surface area contributed by atoms with Gasteiger partial charge in [0.2, 0.25) is 0 Å². The van der Waals surface area contributed by atoms with E-state index in [1.807, 2.05) is 0 Å². The predicted molar refractivity (Wildman–Crippen MR) is 80.5 cm³/mol. The second-order valence-electron chi connectivity index (χ2n) is 3.80. The molecule has 0 unspecified atom stereocenters. The summed E-state index contributed by atoms with van der Waals surface area (Å²) in [7, 11) is 0. The molecule has 0 heterocycles. The first kappa shape index (κ1) is 14.8. The smallest absolute Gasteiger partial charge is 0.171 e. The van der Waals surface area contributed by atoms with Gasteiger partial charge in [0.05, 0.1) is 10.0 Å². The Balaban J connectivity index is 2.31. The van der Waals surface area contributed by atoms with Crippen molar-refractivity contribution in [2.75, 3.05) is 0 Å². The molecule has 20 heavy (non-hydrogen) atoms. The van der Waals surface area contributed by atoms with Crippen LogP contribution in [0.4, 0.5) is 0 Å². The number of benzene rings is 2. The third kappa shape index (κ3) is 3.28. The molecule has 0 amide bonds. The van der Waals surface area contributed by atoms with Gasteiger partial charge in [0.15, 0.2) is 5.84 Å². The fourth-order valence-electron chi connectivity index (χ4n) is 1.50. The van der Waals surface area contributed by atoms with Crippen molar-refractivity contribution in [3.8, 4) is 11.5 Å². The van der Waals surface area contributed by atoms with E-state index in [0.717, 1.165) is 0 Å². The lowest BCUT2D eigenvalue weighted by Gasteiger charge is -2.09. The fraction of sp³-hybridized carbons (Fsp3) is 0. The van der Waals surface area contributed by atoms with Gasteiger partial charge >= 0.3 is 0 Å². The summed E-state index contributed by atoms with van der Waals surface area (Å²) < 4.78 is 5.60. The third-order valence-electron chi connectivity index (χ3n) is 2.45.